The Morgan fingerprint density at radius 3 is 2.67 bits per heavy atom. The van der Waals surface area contributed by atoms with Gasteiger partial charge in [-0.3, -0.25) is 9.59 Å². The van der Waals surface area contributed by atoms with Crippen LogP contribution < -0.4 is 15.6 Å². The summed E-state index contributed by atoms with van der Waals surface area (Å²) in [4.78, 5) is 24.4. The Morgan fingerprint density at radius 2 is 1.93 bits per heavy atom. The molecule has 6 nitrogen and oxygen atoms in total. The summed E-state index contributed by atoms with van der Waals surface area (Å²) >= 11 is 9.41. The van der Waals surface area contributed by atoms with Gasteiger partial charge in [-0.15, -0.1) is 0 Å². The highest BCUT2D eigenvalue weighted by Gasteiger charge is 2.12. The minimum Gasteiger partial charge on any atom is -0.492 e. The summed E-state index contributed by atoms with van der Waals surface area (Å²) in [5.41, 5.74) is 0.245. The number of rotatable bonds is 6. The van der Waals surface area contributed by atoms with E-state index in [2.05, 4.69) is 26.3 Å². The molecule has 1 aromatic heterocycles. The van der Waals surface area contributed by atoms with Gasteiger partial charge in [0, 0.05) is 10.5 Å². The molecule has 1 heterocycles. The van der Waals surface area contributed by atoms with Crippen LogP contribution in [0.5, 0.6) is 5.75 Å². The number of nitrogens with zero attached hydrogens (tertiary/aromatic N) is 2. The molecule has 138 valence electrons. The third-order valence-corrected chi connectivity index (χ3v) is 4.40. The number of para-hydroxylation sites is 1. The van der Waals surface area contributed by atoms with Crippen molar-refractivity contribution in [3.05, 3.63) is 86.2 Å². The summed E-state index contributed by atoms with van der Waals surface area (Å²) in [6.45, 7) is 0.467. The van der Waals surface area contributed by atoms with Gasteiger partial charge >= 0.3 is 0 Å². The maximum absolute atomic E-state index is 12.4. The smallest absolute Gasteiger partial charge is 0.276 e. The number of hydrogen-bond acceptors (Lipinski definition) is 4. The molecule has 3 rings (SSSR count). The Balaban J connectivity index is 1.68. The summed E-state index contributed by atoms with van der Waals surface area (Å²) in [5.74, 6) is 0.237. The number of nitrogens with one attached hydrogen (secondary N) is 1. The average molecular weight is 449 g/mol. The van der Waals surface area contributed by atoms with Crippen LogP contribution in [0.4, 0.5) is 5.69 Å². The van der Waals surface area contributed by atoms with Gasteiger partial charge < -0.3 is 10.1 Å². The number of carbonyl (C=O) groups is 1. The molecule has 1 N–H and O–H groups in total. The van der Waals surface area contributed by atoms with Crippen LogP contribution in [-0.4, -0.2) is 22.3 Å². The number of aromatic nitrogens is 2. The summed E-state index contributed by atoms with van der Waals surface area (Å²) in [6.07, 6.45) is 0. The van der Waals surface area contributed by atoms with Crippen LogP contribution in [-0.2, 0) is 6.54 Å². The zero-order valence-corrected chi connectivity index (χ0v) is 16.4. The van der Waals surface area contributed by atoms with Gasteiger partial charge in [0.25, 0.3) is 11.5 Å². The Hall–Kier alpha value is -2.64. The van der Waals surface area contributed by atoms with Gasteiger partial charge in [-0.05, 0) is 36.4 Å². The first-order valence-electron chi connectivity index (χ1n) is 8.05. The van der Waals surface area contributed by atoms with Crippen molar-refractivity contribution in [3.8, 4) is 5.75 Å². The third kappa shape index (κ3) is 5.18. The second kappa shape index (κ2) is 8.83. The van der Waals surface area contributed by atoms with E-state index in [1.54, 1.807) is 18.2 Å². The number of carbonyl (C=O) groups excluding carboxylic acids is 1. The second-order valence-electron chi connectivity index (χ2n) is 5.52. The molecule has 0 radical (unpaired) electrons. The van der Waals surface area contributed by atoms with E-state index in [1.165, 1.54) is 16.8 Å². The molecule has 0 aliphatic rings. The van der Waals surface area contributed by atoms with Crippen molar-refractivity contribution in [1.29, 1.82) is 0 Å². The number of anilines is 1. The zero-order valence-electron chi connectivity index (χ0n) is 14.1. The molecule has 1 amide bonds. The lowest BCUT2D eigenvalue weighted by molar-refractivity contribution is 0.101. The van der Waals surface area contributed by atoms with Gasteiger partial charge in [0.15, 0.2) is 0 Å². The maximum atomic E-state index is 12.4. The van der Waals surface area contributed by atoms with Crippen molar-refractivity contribution in [2.75, 3.05) is 11.9 Å². The first kappa shape index (κ1) is 19.1. The Bertz CT molecular complexity index is 1010. The number of hydrogen-bond donors (Lipinski definition) is 1. The van der Waals surface area contributed by atoms with Gasteiger partial charge in [0.05, 0.1) is 17.3 Å². The van der Waals surface area contributed by atoms with Crippen LogP contribution in [0.3, 0.4) is 0 Å². The molecule has 0 atom stereocenters. The van der Waals surface area contributed by atoms with Crippen molar-refractivity contribution < 1.29 is 9.53 Å². The fourth-order valence-electron chi connectivity index (χ4n) is 2.27. The summed E-state index contributed by atoms with van der Waals surface area (Å²) in [6, 6.07) is 17.0. The number of ether oxygens (including phenoxy) is 1. The molecule has 0 saturated carbocycles. The van der Waals surface area contributed by atoms with E-state index < -0.39 is 5.91 Å². The number of amides is 1. The predicted molar refractivity (Wildman–Crippen MR) is 108 cm³/mol. The largest absolute Gasteiger partial charge is 0.492 e. The van der Waals surface area contributed by atoms with E-state index in [4.69, 9.17) is 16.3 Å². The first-order chi connectivity index (χ1) is 13.0. The van der Waals surface area contributed by atoms with E-state index >= 15 is 0 Å². The molecule has 0 spiro atoms. The lowest BCUT2D eigenvalue weighted by atomic mass is 10.3. The average Bonchev–Trinajstić information content (AvgIpc) is 2.66. The van der Waals surface area contributed by atoms with E-state index in [0.29, 0.717) is 16.5 Å². The molecule has 8 heteroatoms. The maximum Gasteiger partial charge on any atom is 0.276 e. The SMILES string of the molecule is O=C(Nc1ccc(Br)cc1Cl)c1ccc(=O)n(CCOc2ccccc2)n1. The Morgan fingerprint density at radius 1 is 1.15 bits per heavy atom. The van der Waals surface area contributed by atoms with Gasteiger partial charge in [-0.25, -0.2) is 4.68 Å². The van der Waals surface area contributed by atoms with Crippen molar-refractivity contribution in [2.45, 2.75) is 6.54 Å². The second-order valence-corrected chi connectivity index (χ2v) is 6.84. The predicted octanol–water partition coefficient (Wildman–Crippen LogP) is 3.99. The lowest BCUT2D eigenvalue weighted by Crippen LogP contribution is -2.28. The highest BCUT2D eigenvalue weighted by Crippen LogP contribution is 2.25. The number of benzene rings is 2. The van der Waals surface area contributed by atoms with E-state index in [1.807, 2.05) is 30.3 Å². The molecule has 0 fully saturated rings. The highest BCUT2D eigenvalue weighted by atomic mass is 79.9. The molecule has 0 saturated heterocycles. The molecule has 0 bridgehead atoms. The molecule has 3 aromatic rings. The Kier molecular flexibility index (Phi) is 6.26. The monoisotopic (exact) mass is 447 g/mol. The topological polar surface area (TPSA) is 73.2 Å². The van der Waals surface area contributed by atoms with Gasteiger partial charge in [0.2, 0.25) is 0 Å². The summed E-state index contributed by atoms with van der Waals surface area (Å²) < 4.78 is 7.56. The first-order valence-corrected chi connectivity index (χ1v) is 9.22. The third-order valence-electron chi connectivity index (χ3n) is 3.59. The van der Waals surface area contributed by atoms with Gasteiger partial charge in [0.1, 0.15) is 18.1 Å². The van der Waals surface area contributed by atoms with Crippen molar-refractivity contribution in [1.82, 2.24) is 9.78 Å². The number of halogens is 2. The quantitative estimate of drug-likeness (QED) is 0.619. The van der Waals surface area contributed by atoms with Crippen LogP contribution in [0.25, 0.3) is 0 Å². The van der Waals surface area contributed by atoms with E-state index in [9.17, 15) is 9.59 Å². The van der Waals surface area contributed by atoms with Crippen LogP contribution >= 0.6 is 27.5 Å². The van der Waals surface area contributed by atoms with Gasteiger partial charge in [-0.2, -0.15) is 5.10 Å². The fourth-order valence-corrected chi connectivity index (χ4v) is 2.99. The van der Waals surface area contributed by atoms with Crippen molar-refractivity contribution >= 4 is 39.1 Å². The van der Waals surface area contributed by atoms with Crippen molar-refractivity contribution in [3.63, 3.8) is 0 Å². The van der Waals surface area contributed by atoms with Crippen LogP contribution in [0.2, 0.25) is 5.02 Å². The fraction of sp³-hybridized carbons (Fsp3) is 0.105. The van der Waals surface area contributed by atoms with Gasteiger partial charge in [-0.1, -0.05) is 45.7 Å². The Labute approximate surface area is 168 Å². The molecule has 27 heavy (non-hydrogen) atoms. The summed E-state index contributed by atoms with van der Waals surface area (Å²) in [7, 11) is 0. The van der Waals surface area contributed by atoms with Crippen LogP contribution in [0.1, 0.15) is 10.5 Å². The summed E-state index contributed by atoms with van der Waals surface area (Å²) in [5, 5.41) is 7.18. The minimum atomic E-state index is -0.461. The van der Waals surface area contributed by atoms with E-state index in [0.717, 1.165) is 4.47 Å². The molecule has 0 aliphatic heterocycles. The molecular formula is C19H15BrClN3O3. The highest BCUT2D eigenvalue weighted by molar-refractivity contribution is 9.10. The minimum absolute atomic E-state index is 0.105. The van der Waals surface area contributed by atoms with Crippen molar-refractivity contribution in [2.24, 2.45) is 0 Å². The van der Waals surface area contributed by atoms with Crippen LogP contribution in [0, 0.1) is 0 Å². The van der Waals surface area contributed by atoms with Crippen LogP contribution in [0.15, 0.2) is 69.9 Å². The standard InChI is InChI=1S/C19H15BrClN3O3/c20-13-6-7-16(15(21)12-13)22-19(26)17-8-9-18(25)24(23-17)10-11-27-14-4-2-1-3-5-14/h1-9,12H,10-11H2,(H,22,26). The molecule has 2 aromatic carbocycles. The molecular weight excluding hydrogens is 434 g/mol. The zero-order chi connectivity index (χ0) is 19.2. The lowest BCUT2D eigenvalue weighted by Gasteiger charge is -2.10. The molecule has 0 aliphatic carbocycles. The molecule has 0 unspecified atom stereocenters. The normalized spacial score (nSPS) is 10.4. The van der Waals surface area contributed by atoms with E-state index in [-0.39, 0.29) is 24.4 Å².